The molecular weight excluding hydrogens is 520 g/mol. The summed E-state index contributed by atoms with van der Waals surface area (Å²) in [7, 11) is 0. The monoisotopic (exact) mass is 549 g/mol. The molecule has 0 fully saturated rings. The highest BCUT2D eigenvalue weighted by molar-refractivity contribution is 5.95. The summed E-state index contributed by atoms with van der Waals surface area (Å²) in [6.45, 7) is 2.12. The maximum atomic E-state index is 15.9. The summed E-state index contributed by atoms with van der Waals surface area (Å²) >= 11 is 0. The van der Waals surface area contributed by atoms with Gasteiger partial charge >= 0.3 is 5.69 Å². The van der Waals surface area contributed by atoms with E-state index in [4.69, 9.17) is 15.9 Å². The van der Waals surface area contributed by atoms with E-state index in [0.717, 1.165) is 10.2 Å². The van der Waals surface area contributed by atoms with E-state index in [-0.39, 0.29) is 35.5 Å². The van der Waals surface area contributed by atoms with E-state index in [1.807, 2.05) is 6.92 Å². The van der Waals surface area contributed by atoms with Gasteiger partial charge in [0.25, 0.3) is 0 Å². The molecule has 0 saturated carbocycles. The van der Waals surface area contributed by atoms with Crippen LogP contribution in [0.25, 0.3) is 5.69 Å². The summed E-state index contributed by atoms with van der Waals surface area (Å²) < 4.78 is 35.1. The number of aromatic nitrogens is 3. The number of alkyl halides is 1. The number of amides is 1. The number of carbonyl (C=O) groups is 1. The Morgan fingerprint density at radius 3 is 2.58 bits per heavy atom. The fourth-order valence-corrected chi connectivity index (χ4v) is 4.14. The second-order valence-corrected chi connectivity index (χ2v) is 8.88. The zero-order chi connectivity index (χ0) is 28.8. The molecule has 0 saturated heterocycles. The van der Waals surface area contributed by atoms with Crippen LogP contribution in [0, 0.1) is 11.2 Å². The van der Waals surface area contributed by atoms with E-state index in [2.05, 4.69) is 20.7 Å². The average molecular weight is 550 g/mol. The molecule has 12 heteroatoms. The number of rotatable bonds is 11. The fourth-order valence-electron chi connectivity index (χ4n) is 4.14. The number of amidine groups is 1. The number of anilines is 2. The van der Waals surface area contributed by atoms with Gasteiger partial charge in [0.1, 0.15) is 25.2 Å². The summed E-state index contributed by atoms with van der Waals surface area (Å²) in [5, 5.41) is 18.0. The Morgan fingerprint density at radius 1 is 1.20 bits per heavy atom. The number of carbonyl (C=O) groups excluding carboxylic acids is 1. The maximum absolute atomic E-state index is 15.9. The Hall–Kier alpha value is -5.00. The molecule has 0 aliphatic rings. The quantitative estimate of drug-likeness (QED) is 0.141. The zero-order valence-electron chi connectivity index (χ0n) is 21.9. The van der Waals surface area contributed by atoms with Crippen molar-refractivity contribution in [1.82, 2.24) is 14.8 Å². The van der Waals surface area contributed by atoms with Crippen LogP contribution in [0.3, 0.4) is 0 Å². The molecule has 1 heterocycles. The predicted molar refractivity (Wildman–Crippen MR) is 149 cm³/mol. The van der Waals surface area contributed by atoms with Gasteiger partial charge in [0, 0.05) is 23.7 Å². The first kappa shape index (κ1) is 28.0. The van der Waals surface area contributed by atoms with Crippen LogP contribution in [-0.2, 0) is 11.2 Å². The lowest BCUT2D eigenvalue weighted by molar-refractivity contribution is -0.114. The van der Waals surface area contributed by atoms with Crippen molar-refractivity contribution in [3.63, 3.8) is 0 Å². The van der Waals surface area contributed by atoms with Crippen LogP contribution in [0.4, 0.5) is 20.2 Å². The number of aryl methyl sites for hydroxylation is 1. The topological polar surface area (TPSA) is 151 Å². The third-order valence-corrected chi connectivity index (χ3v) is 6.04. The third-order valence-electron chi connectivity index (χ3n) is 6.04. The summed E-state index contributed by atoms with van der Waals surface area (Å²) in [5.41, 5.74) is 7.48. The molecule has 6 N–H and O–H groups in total. The van der Waals surface area contributed by atoms with Crippen molar-refractivity contribution in [2.45, 2.75) is 26.3 Å². The Labute approximate surface area is 228 Å². The number of hydrogen-bond donors (Lipinski definition) is 5. The first-order chi connectivity index (χ1) is 19.2. The molecule has 0 radical (unpaired) electrons. The molecule has 208 valence electrons. The van der Waals surface area contributed by atoms with Crippen molar-refractivity contribution >= 4 is 23.1 Å². The highest BCUT2D eigenvalue weighted by Gasteiger charge is 2.26. The summed E-state index contributed by atoms with van der Waals surface area (Å²) in [6, 6.07) is 15.3. The molecule has 1 amide bonds. The van der Waals surface area contributed by atoms with Gasteiger partial charge in [0.2, 0.25) is 5.91 Å². The molecule has 40 heavy (non-hydrogen) atoms. The van der Waals surface area contributed by atoms with E-state index in [0.29, 0.717) is 29.0 Å². The van der Waals surface area contributed by atoms with Crippen molar-refractivity contribution < 1.29 is 18.3 Å². The van der Waals surface area contributed by atoms with Gasteiger partial charge in [-0.15, -0.1) is 5.10 Å². The average Bonchev–Trinajstić information content (AvgIpc) is 3.32. The van der Waals surface area contributed by atoms with Gasteiger partial charge in [-0.25, -0.2) is 13.6 Å². The lowest BCUT2D eigenvalue weighted by Gasteiger charge is -2.21. The van der Waals surface area contributed by atoms with Crippen molar-refractivity contribution in [3.8, 4) is 11.4 Å². The van der Waals surface area contributed by atoms with Gasteiger partial charge in [0.05, 0.1) is 11.4 Å². The van der Waals surface area contributed by atoms with Crippen LogP contribution in [0.1, 0.15) is 42.4 Å². The van der Waals surface area contributed by atoms with Crippen molar-refractivity contribution in [2.75, 3.05) is 23.9 Å². The predicted octanol–water partition coefficient (Wildman–Crippen LogP) is 4.05. The summed E-state index contributed by atoms with van der Waals surface area (Å²) in [4.78, 5) is 27.5. The van der Waals surface area contributed by atoms with Gasteiger partial charge in [-0.2, -0.15) is 4.68 Å². The maximum Gasteiger partial charge on any atom is 0.348 e. The van der Waals surface area contributed by atoms with Crippen LogP contribution in [-0.4, -0.2) is 39.8 Å². The molecule has 1 aromatic heterocycles. The highest BCUT2D eigenvalue weighted by atomic mass is 19.1. The SMILES string of the molecule is CCc1cc(OCCF)c(F)c(C(Nc2ccc(C(=N)N)cc2)c2nn(-c3ccccc3NC(C)=O)c(=O)[nH]2)c1. The molecule has 0 aliphatic heterocycles. The van der Waals surface area contributed by atoms with Gasteiger partial charge in [0.15, 0.2) is 17.4 Å². The van der Waals surface area contributed by atoms with Crippen molar-refractivity contribution in [1.29, 1.82) is 5.41 Å². The molecule has 1 atom stereocenters. The minimum absolute atomic E-state index is 0.0712. The van der Waals surface area contributed by atoms with Gasteiger partial charge in [-0.05, 0) is 54.4 Å². The second-order valence-electron chi connectivity index (χ2n) is 8.88. The summed E-state index contributed by atoms with van der Waals surface area (Å²) in [5.74, 6) is -1.23. The number of para-hydroxylation sites is 2. The minimum Gasteiger partial charge on any atom is -0.488 e. The van der Waals surface area contributed by atoms with Crippen LogP contribution in [0.15, 0.2) is 65.5 Å². The van der Waals surface area contributed by atoms with Gasteiger partial charge in [-0.1, -0.05) is 25.1 Å². The minimum atomic E-state index is -1.02. The number of nitrogen functional groups attached to an aromatic ring is 1. The largest absolute Gasteiger partial charge is 0.488 e. The number of nitrogens with two attached hydrogens (primary N) is 1. The number of ether oxygens (including phenoxy) is 1. The van der Waals surface area contributed by atoms with E-state index < -0.39 is 24.2 Å². The molecular formula is C28H29F2N7O3. The van der Waals surface area contributed by atoms with Crippen molar-refractivity contribution in [3.05, 3.63) is 99.5 Å². The number of nitrogens with zero attached hydrogens (tertiary/aromatic N) is 2. The molecule has 10 nitrogen and oxygen atoms in total. The van der Waals surface area contributed by atoms with E-state index in [1.54, 1.807) is 54.6 Å². The Kier molecular flexibility index (Phi) is 8.57. The molecule has 4 aromatic rings. The van der Waals surface area contributed by atoms with Crippen LogP contribution >= 0.6 is 0 Å². The second kappa shape index (κ2) is 12.2. The Morgan fingerprint density at radius 2 is 1.93 bits per heavy atom. The summed E-state index contributed by atoms with van der Waals surface area (Å²) in [6.07, 6.45) is 0.536. The number of nitrogens with one attached hydrogen (secondary N) is 4. The first-order valence-electron chi connectivity index (χ1n) is 12.5. The zero-order valence-corrected chi connectivity index (χ0v) is 21.9. The molecule has 0 aliphatic carbocycles. The number of benzene rings is 3. The first-order valence-corrected chi connectivity index (χ1v) is 12.5. The van der Waals surface area contributed by atoms with Crippen LogP contribution in [0.5, 0.6) is 5.75 Å². The van der Waals surface area contributed by atoms with Crippen LogP contribution in [0.2, 0.25) is 0 Å². The standard InChI is InChI=1S/C28H29F2N7O3/c1-3-17-14-20(24(30)23(15-17)40-13-12-29)25(34-19-10-8-18(9-11-19)26(31)32)27-35-28(39)37(36-27)22-7-5-4-6-21(22)33-16(2)38/h4-11,14-15,25,34H,3,12-13H2,1-2H3,(H3,31,32)(H,33,38)(H,35,36,39). The van der Waals surface area contributed by atoms with Gasteiger partial charge in [-0.3, -0.25) is 15.2 Å². The molecule has 4 rings (SSSR count). The Balaban J connectivity index is 1.86. The lowest BCUT2D eigenvalue weighted by atomic mass is 10.00. The Bertz CT molecular complexity index is 1580. The van der Waals surface area contributed by atoms with Gasteiger partial charge < -0.3 is 21.1 Å². The number of hydrogen-bond acceptors (Lipinski definition) is 6. The van der Waals surface area contributed by atoms with Crippen LogP contribution < -0.4 is 26.8 Å². The molecule has 1 unspecified atom stereocenters. The number of aromatic amines is 1. The van der Waals surface area contributed by atoms with E-state index >= 15 is 4.39 Å². The molecule has 0 spiro atoms. The number of halogens is 2. The smallest absolute Gasteiger partial charge is 0.348 e. The highest BCUT2D eigenvalue weighted by Crippen LogP contribution is 2.33. The van der Waals surface area contributed by atoms with Crippen molar-refractivity contribution in [2.24, 2.45) is 5.73 Å². The third kappa shape index (κ3) is 6.17. The normalized spacial score (nSPS) is 11.6. The fraction of sp³-hybridized carbons (Fsp3) is 0.214. The molecule has 3 aromatic carbocycles. The van der Waals surface area contributed by atoms with E-state index in [9.17, 15) is 14.0 Å². The lowest BCUT2D eigenvalue weighted by Crippen LogP contribution is -2.18. The van der Waals surface area contributed by atoms with E-state index in [1.165, 1.54) is 13.0 Å². The molecule has 0 bridgehead atoms. The number of H-pyrrole nitrogens is 1.